The second kappa shape index (κ2) is 8.65. The van der Waals surface area contributed by atoms with E-state index >= 15 is 0 Å². The Morgan fingerprint density at radius 2 is 1.64 bits per heavy atom. The van der Waals surface area contributed by atoms with E-state index in [0.717, 1.165) is 34.2 Å². The van der Waals surface area contributed by atoms with Crippen molar-refractivity contribution in [2.75, 3.05) is 23.4 Å². The number of hydrogen-bond donors (Lipinski definition) is 0. The summed E-state index contributed by atoms with van der Waals surface area (Å²) in [5.74, 6) is -0.701. The molecular weight excluding hydrogens is 450 g/mol. The summed E-state index contributed by atoms with van der Waals surface area (Å²) in [5.41, 5.74) is 1.84. The van der Waals surface area contributed by atoms with Gasteiger partial charge in [-0.15, -0.1) is 0 Å². The zero-order valence-corrected chi connectivity index (χ0v) is 20.1. The average Bonchev–Trinajstić information content (AvgIpc) is 3.16. The van der Waals surface area contributed by atoms with Crippen LogP contribution in [0.5, 0.6) is 0 Å². The van der Waals surface area contributed by atoms with Gasteiger partial charge in [0.25, 0.3) is 11.8 Å². The fraction of sp³-hybridized carbons (Fsp3) is 0.192. The summed E-state index contributed by atoms with van der Waals surface area (Å²) in [7, 11) is 1.92. The molecule has 0 spiro atoms. The molecule has 0 saturated carbocycles. The summed E-state index contributed by atoms with van der Waals surface area (Å²) in [4.78, 5) is 33.5. The lowest BCUT2D eigenvalue weighted by Crippen LogP contribution is -2.57. The summed E-state index contributed by atoms with van der Waals surface area (Å²) in [6.07, 6.45) is 1.73. The van der Waals surface area contributed by atoms with Crippen molar-refractivity contribution in [3.63, 3.8) is 0 Å². The Morgan fingerprint density at radius 1 is 0.909 bits per heavy atom. The van der Waals surface area contributed by atoms with Gasteiger partial charge in [-0.2, -0.15) is 0 Å². The first-order valence-electron chi connectivity index (χ1n) is 11.0. The van der Waals surface area contributed by atoms with Gasteiger partial charge in [-0.25, -0.2) is 0 Å². The fourth-order valence-electron chi connectivity index (χ4n) is 4.29. The number of para-hydroxylation sites is 1. The largest absolute Gasteiger partial charge is 0.337 e. The normalized spacial score (nSPS) is 18.5. The number of benzene rings is 3. The number of carbonyl (C=O) groups excluding carboxylic acids is 2. The molecule has 3 aromatic rings. The molecule has 0 radical (unpaired) electrons. The van der Waals surface area contributed by atoms with Crippen LogP contribution in [-0.4, -0.2) is 35.4 Å². The van der Waals surface area contributed by atoms with E-state index in [-0.39, 0.29) is 22.5 Å². The van der Waals surface area contributed by atoms with E-state index in [0.29, 0.717) is 17.3 Å². The highest BCUT2D eigenvalue weighted by Gasteiger charge is 2.44. The first kappa shape index (κ1) is 21.7. The molecule has 5 rings (SSSR count). The third-order valence-corrected chi connectivity index (χ3v) is 7.60. The molecule has 0 aliphatic carbocycles. The van der Waals surface area contributed by atoms with Crippen LogP contribution >= 0.6 is 24.0 Å². The van der Waals surface area contributed by atoms with E-state index in [1.807, 2.05) is 54.4 Å². The molecule has 0 N–H and O–H groups in total. The molecule has 2 amide bonds. The number of thiocarbonyl (C=S) groups is 1. The molecular formula is C26H23N3O2S2. The van der Waals surface area contributed by atoms with Gasteiger partial charge in [0.15, 0.2) is 5.11 Å². The van der Waals surface area contributed by atoms with Crippen LogP contribution in [0.15, 0.2) is 82.2 Å². The number of carbonyl (C=O) groups is 2. The van der Waals surface area contributed by atoms with Gasteiger partial charge < -0.3 is 4.90 Å². The highest BCUT2D eigenvalue weighted by Crippen LogP contribution is 2.50. The molecule has 166 valence electrons. The maximum absolute atomic E-state index is 13.8. The van der Waals surface area contributed by atoms with Crippen LogP contribution in [0.4, 0.5) is 11.4 Å². The van der Waals surface area contributed by atoms with Crippen molar-refractivity contribution in [1.82, 2.24) is 4.90 Å². The summed E-state index contributed by atoms with van der Waals surface area (Å²) in [5, 5.41) is 3.09. The molecule has 7 heteroatoms. The Bertz CT molecular complexity index is 1320. The maximum atomic E-state index is 13.8. The van der Waals surface area contributed by atoms with Gasteiger partial charge in [-0.1, -0.05) is 73.6 Å². The van der Waals surface area contributed by atoms with E-state index in [1.165, 1.54) is 16.7 Å². The van der Waals surface area contributed by atoms with Crippen molar-refractivity contribution in [2.45, 2.75) is 24.7 Å². The summed E-state index contributed by atoms with van der Waals surface area (Å²) >= 11 is 7.12. The first-order valence-corrected chi connectivity index (χ1v) is 12.2. The number of amides is 2. The van der Waals surface area contributed by atoms with Crippen LogP contribution < -0.4 is 9.80 Å². The number of thioether (sulfide) groups is 1. The number of hydrogen-bond acceptors (Lipinski definition) is 5. The number of fused-ring (bicyclic) bond motifs is 3. The molecule has 3 aromatic carbocycles. The Morgan fingerprint density at radius 3 is 2.39 bits per heavy atom. The molecule has 2 aliphatic rings. The third-order valence-electron chi connectivity index (χ3n) is 5.97. The van der Waals surface area contributed by atoms with Gasteiger partial charge in [0.1, 0.15) is 5.57 Å². The van der Waals surface area contributed by atoms with E-state index in [4.69, 9.17) is 12.2 Å². The minimum absolute atomic E-state index is 0.163. The quantitative estimate of drug-likeness (QED) is 0.282. The molecule has 5 nitrogen and oxygen atoms in total. The predicted molar refractivity (Wildman–Crippen MR) is 138 cm³/mol. The van der Waals surface area contributed by atoms with Crippen LogP contribution in [0.25, 0.3) is 10.8 Å². The second-order valence-electron chi connectivity index (χ2n) is 8.04. The molecule has 0 unspecified atom stereocenters. The van der Waals surface area contributed by atoms with Gasteiger partial charge in [0.2, 0.25) is 0 Å². The lowest BCUT2D eigenvalue weighted by atomic mass is 10.1. The molecule has 0 bridgehead atoms. The SMILES string of the molecule is CCCCN1C(=O)C(=C2Sc3ccc4ccccc4c3N2C)C(=O)N(c2ccccc2)C1=S. The smallest absolute Gasteiger partial charge is 0.272 e. The highest BCUT2D eigenvalue weighted by molar-refractivity contribution is 8.03. The lowest BCUT2D eigenvalue weighted by molar-refractivity contribution is -0.128. The van der Waals surface area contributed by atoms with Gasteiger partial charge in [0.05, 0.1) is 16.4 Å². The molecule has 2 heterocycles. The fourth-order valence-corrected chi connectivity index (χ4v) is 5.85. The molecule has 1 saturated heterocycles. The zero-order valence-electron chi connectivity index (χ0n) is 18.4. The molecule has 0 atom stereocenters. The number of unbranched alkanes of at least 4 members (excludes halogenated alkanes) is 1. The van der Waals surface area contributed by atoms with Crippen molar-refractivity contribution >= 4 is 63.1 Å². The van der Waals surface area contributed by atoms with E-state index < -0.39 is 0 Å². The number of rotatable bonds is 4. The Balaban J connectivity index is 1.66. The Labute approximate surface area is 202 Å². The first-order chi connectivity index (χ1) is 16.0. The second-order valence-corrected chi connectivity index (χ2v) is 9.44. The molecule has 0 aromatic heterocycles. The van der Waals surface area contributed by atoms with Gasteiger partial charge in [0, 0.05) is 23.9 Å². The zero-order chi connectivity index (χ0) is 23.1. The minimum atomic E-state index is -0.379. The van der Waals surface area contributed by atoms with Crippen molar-refractivity contribution in [2.24, 2.45) is 0 Å². The minimum Gasteiger partial charge on any atom is -0.337 e. The summed E-state index contributed by atoms with van der Waals surface area (Å²) < 4.78 is 0. The van der Waals surface area contributed by atoms with E-state index in [9.17, 15) is 9.59 Å². The monoisotopic (exact) mass is 473 g/mol. The predicted octanol–water partition coefficient (Wildman–Crippen LogP) is 5.55. The third kappa shape index (κ3) is 3.52. The molecule has 33 heavy (non-hydrogen) atoms. The van der Waals surface area contributed by atoms with Crippen LogP contribution in [0.2, 0.25) is 0 Å². The van der Waals surface area contributed by atoms with Crippen molar-refractivity contribution in [1.29, 1.82) is 0 Å². The van der Waals surface area contributed by atoms with E-state index in [2.05, 4.69) is 31.2 Å². The Kier molecular flexibility index (Phi) is 5.68. The standard InChI is InChI=1S/C26H23N3O2S2/c1-3-4-16-28-23(30)21(24(31)29(26(28)32)18-11-6-5-7-12-18)25-27(2)22-19-13-9-8-10-17(19)14-15-20(22)33-25/h5-15H,3-4,16H2,1-2H3. The van der Waals surface area contributed by atoms with Gasteiger partial charge >= 0.3 is 0 Å². The topological polar surface area (TPSA) is 43.9 Å². The Hall–Kier alpha value is -3.16. The van der Waals surface area contributed by atoms with Crippen LogP contribution in [-0.2, 0) is 9.59 Å². The highest BCUT2D eigenvalue weighted by atomic mass is 32.2. The van der Waals surface area contributed by atoms with Crippen molar-refractivity contribution in [3.8, 4) is 0 Å². The van der Waals surface area contributed by atoms with Crippen molar-refractivity contribution < 1.29 is 9.59 Å². The van der Waals surface area contributed by atoms with Crippen LogP contribution in [0.1, 0.15) is 19.8 Å². The van der Waals surface area contributed by atoms with Crippen molar-refractivity contribution in [3.05, 3.63) is 77.3 Å². The summed E-state index contributed by atoms with van der Waals surface area (Å²) in [6.45, 7) is 2.55. The average molecular weight is 474 g/mol. The lowest BCUT2D eigenvalue weighted by Gasteiger charge is -2.37. The summed E-state index contributed by atoms with van der Waals surface area (Å²) in [6, 6.07) is 21.6. The van der Waals surface area contributed by atoms with Crippen LogP contribution in [0.3, 0.4) is 0 Å². The van der Waals surface area contributed by atoms with Crippen LogP contribution in [0, 0.1) is 0 Å². The molecule has 2 aliphatic heterocycles. The van der Waals surface area contributed by atoms with E-state index in [1.54, 1.807) is 4.90 Å². The number of anilines is 2. The number of nitrogens with zero attached hydrogens (tertiary/aromatic N) is 3. The van der Waals surface area contributed by atoms with Gasteiger partial charge in [-0.3, -0.25) is 19.4 Å². The van der Waals surface area contributed by atoms with Gasteiger partial charge in [-0.05, 0) is 42.2 Å². The molecule has 1 fully saturated rings. The maximum Gasteiger partial charge on any atom is 0.272 e.